The summed E-state index contributed by atoms with van der Waals surface area (Å²) in [6.07, 6.45) is 5.05. The molecular formula is C12H22N4O. The molecule has 1 aliphatic heterocycles. The predicted octanol–water partition coefficient (Wildman–Crippen LogP) is 1.04. The van der Waals surface area contributed by atoms with Crippen LogP contribution in [0.1, 0.15) is 13.3 Å². The third-order valence-corrected chi connectivity index (χ3v) is 3.03. The van der Waals surface area contributed by atoms with Crippen LogP contribution in [0.2, 0.25) is 0 Å². The molecule has 1 aromatic rings. The van der Waals surface area contributed by atoms with Gasteiger partial charge < -0.3 is 14.6 Å². The molecule has 1 aromatic heterocycles. The topological polar surface area (TPSA) is 42.3 Å². The van der Waals surface area contributed by atoms with Crippen LogP contribution in [0.5, 0.6) is 0 Å². The highest BCUT2D eigenvalue weighted by Crippen LogP contribution is 2.06. The first-order valence-corrected chi connectivity index (χ1v) is 6.45. The Bertz CT molecular complexity index is 320. The van der Waals surface area contributed by atoms with Crippen molar-refractivity contribution in [2.75, 3.05) is 44.7 Å². The molecule has 0 atom stereocenters. The minimum atomic E-state index is 0.883. The standard InChI is InChI=1S/C12H22N4O/c1-2-13-12-14-4-7-16(12)6-3-5-15-8-10-17-11-9-15/h4,7H,2-3,5-6,8-11H2,1H3,(H,13,14). The van der Waals surface area contributed by atoms with Crippen LogP contribution >= 0.6 is 0 Å². The summed E-state index contributed by atoms with van der Waals surface area (Å²) in [4.78, 5) is 6.76. The van der Waals surface area contributed by atoms with E-state index >= 15 is 0 Å². The molecule has 0 aromatic carbocycles. The van der Waals surface area contributed by atoms with Crippen molar-refractivity contribution in [3.8, 4) is 0 Å². The van der Waals surface area contributed by atoms with E-state index in [-0.39, 0.29) is 0 Å². The number of aromatic nitrogens is 2. The molecule has 1 aliphatic rings. The van der Waals surface area contributed by atoms with Crippen molar-refractivity contribution in [3.05, 3.63) is 12.4 Å². The average Bonchev–Trinajstić information content (AvgIpc) is 2.79. The van der Waals surface area contributed by atoms with Crippen LogP contribution in [-0.2, 0) is 11.3 Å². The van der Waals surface area contributed by atoms with Gasteiger partial charge in [-0.3, -0.25) is 4.90 Å². The number of nitrogens with one attached hydrogen (secondary N) is 1. The third-order valence-electron chi connectivity index (χ3n) is 3.03. The Morgan fingerprint density at radius 1 is 1.35 bits per heavy atom. The zero-order chi connectivity index (χ0) is 11.9. The van der Waals surface area contributed by atoms with Gasteiger partial charge in [0.2, 0.25) is 5.95 Å². The fourth-order valence-electron chi connectivity index (χ4n) is 2.10. The molecule has 0 unspecified atom stereocenters. The molecule has 1 saturated heterocycles. The Kier molecular flexibility index (Phi) is 4.82. The highest BCUT2D eigenvalue weighted by Gasteiger charge is 2.09. The molecule has 1 fully saturated rings. The van der Waals surface area contributed by atoms with E-state index in [9.17, 15) is 0 Å². The summed E-state index contributed by atoms with van der Waals surface area (Å²) >= 11 is 0. The summed E-state index contributed by atoms with van der Waals surface area (Å²) in [5.41, 5.74) is 0. The molecule has 0 bridgehead atoms. The normalized spacial score (nSPS) is 17.2. The summed E-state index contributed by atoms with van der Waals surface area (Å²) in [6.45, 7) is 9.09. The lowest BCUT2D eigenvalue weighted by Gasteiger charge is -2.26. The van der Waals surface area contributed by atoms with Gasteiger partial charge in [-0.1, -0.05) is 0 Å². The van der Waals surface area contributed by atoms with Gasteiger partial charge in [-0.15, -0.1) is 0 Å². The maximum atomic E-state index is 5.34. The van der Waals surface area contributed by atoms with Gasteiger partial charge in [0.15, 0.2) is 0 Å². The molecule has 0 radical (unpaired) electrons. The fraction of sp³-hybridized carbons (Fsp3) is 0.750. The SMILES string of the molecule is CCNc1nccn1CCCN1CCOCC1. The number of aryl methyl sites for hydroxylation is 1. The number of imidazole rings is 1. The molecular weight excluding hydrogens is 216 g/mol. The Balaban J connectivity index is 1.71. The molecule has 2 heterocycles. The maximum Gasteiger partial charge on any atom is 0.202 e. The lowest BCUT2D eigenvalue weighted by atomic mass is 10.3. The minimum Gasteiger partial charge on any atom is -0.379 e. The average molecular weight is 238 g/mol. The van der Waals surface area contributed by atoms with Crippen LogP contribution in [0, 0.1) is 0 Å². The number of anilines is 1. The minimum absolute atomic E-state index is 0.883. The van der Waals surface area contributed by atoms with Crippen LogP contribution in [-0.4, -0.2) is 53.8 Å². The van der Waals surface area contributed by atoms with Crippen molar-refractivity contribution in [1.29, 1.82) is 0 Å². The summed E-state index contributed by atoms with van der Waals surface area (Å²) in [6, 6.07) is 0. The first-order chi connectivity index (χ1) is 8.40. The van der Waals surface area contributed by atoms with Gasteiger partial charge in [0.05, 0.1) is 13.2 Å². The molecule has 5 heteroatoms. The molecule has 96 valence electrons. The van der Waals surface area contributed by atoms with E-state index < -0.39 is 0 Å². The van der Waals surface area contributed by atoms with E-state index in [0.29, 0.717) is 0 Å². The number of nitrogens with zero attached hydrogens (tertiary/aromatic N) is 3. The summed E-state index contributed by atoms with van der Waals surface area (Å²) in [5.74, 6) is 0.981. The van der Waals surface area contributed by atoms with Crippen molar-refractivity contribution in [1.82, 2.24) is 14.5 Å². The van der Waals surface area contributed by atoms with Crippen LogP contribution < -0.4 is 5.32 Å². The molecule has 1 N–H and O–H groups in total. The van der Waals surface area contributed by atoms with Crippen molar-refractivity contribution in [2.45, 2.75) is 19.9 Å². The number of hydrogen-bond donors (Lipinski definition) is 1. The Morgan fingerprint density at radius 2 is 2.18 bits per heavy atom. The molecule has 17 heavy (non-hydrogen) atoms. The lowest BCUT2D eigenvalue weighted by Crippen LogP contribution is -2.37. The van der Waals surface area contributed by atoms with Gasteiger partial charge >= 0.3 is 0 Å². The van der Waals surface area contributed by atoms with Gasteiger partial charge in [0, 0.05) is 45.1 Å². The largest absolute Gasteiger partial charge is 0.379 e. The van der Waals surface area contributed by atoms with Crippen molar-refractivity contribution in [2.24, 2.45) is 0 Å². The Morgan fingerprint density at radius 3 is 2.94 bits per heavy atom. The summed E-state index contributed by atoms with van der Waals surface area (Å²) in [7, 11) is 0. The second-order valence-corrected chi connectivity index (χ2v) is 4.28. The maximum absolute atomic E-state index is 5.34. The third kappa shape index (κ3) is 3.71. The highest BCUT2D eigenvalue weighted by molar-refractivity contribution is 5.25. The van der Waals surface area contributed by atoms with E-state index in [1.54, 1.807) is 0 Å². The zero-order valence-electron chi connectivity index (χ0n) is 10.6. The van der Waals surface area contributed by atoms with Crippen LogP contribution in [0.25, 0.3) is 0 Å². The molecule has 0 saturated carbocycles. The fourth-order valence-corrected chi connectivity index (χ4v) is 2.10. The number of morpholine rings is 1. The van der Waals surface area contributed by atoms with Gasteiger partial charge in [0.25, 0.3) is 0 Å². The number of hydrogen-bond acceptors (Lipinski definition) is 4. The van der Waals surface area contributed by atoms with E-state index in [1.807, 2.05) is 12.4 Å². The number of ether oxygens (including phenoxy) is 1. The molecule has 5 nitrogen and oxygen atoms in total. The van der Waals surface area contributed by atoms with Crippen molar-refractivity contribution < 1.29 is 4.74 Å². The van der Waals surface area contributed by atoms with Crippen LogP contribution in [0.15, 0.2) is 12.4 Å². The Hall–Kier alpha value is -1.07. The molecule has 2 rings (SSSR count). The second-order valence-electron chi connectivity index (χ2n) is 4.28. The monoisotopic (exact) mass is 238 g/mol. The van der Waals surface area contributed by atoms with E-state index in [4.69, 9.17) is 4.74 Å². The molecule has 0 aliphatic carbocycles. The van der Waals surface area contributed by atoms with E-state index in [2.05, 4.69) is 26.7 Å². The smallest absolute Gasteiger partial charge is 0.202 e. The van der Waals surface area contributed by atoms with E-state index in [0.717, 1.165) is 58.3 Å². The van der Waals surface area contributed by atoms with Crippen LogP contribution in [0.3, 0.4) is 0 Å². The van der Waals surface area contributed by atoms with Gasteiger partial charge in [0.1, 0.15) is 0 Å². The zero-order valence-corrected chi connectivity index (χ0v) is 10.6. The first-order valence-electron chi connectivity index (χ1n) is 6.45. The van der Waals surface area contributed by atoms with E-state index in [1.165, 1.54) is 0 Å². The van der Waals surface area contributed by atoms with Crippen LogP contribution in [0.4, 0.5) is 5.95 Å². The summed E-state index contributed by atoms with van der Waals surface area (Å²) in [5, 5.41) is 3.26. The van der Waals surface area contributed by atoms with Crippen molar-refractivity contribution in [3.63, 3.8) is 0 Å². The first kappa shape index (κ1) is 12.4. The quantitative estimate of drug-likeness (QED) is 0.804. The second kappa shape index (κ2) is 6.61. The lowest BCUT2D eigenvalue weighted by molar-refractivity contribution is 0.0369. The van der Waals surface area contributed by atoms with Gasteiger partial charge in [-0.05, 0) is 13.3 Å². The van der Waals surface area contributed by atoms with Gasteiger partial charge in [-0.2, -0.15) is 0 Å². The predicted molar refractivity (Wildman–Crippen MR) is 68.3 cm³/mol. The molecule has 0 spiro atoms. The summed E-state index contributed by atoms with van der Waals surface area (Å²) < 4.78 is 7.52. The molecule has 0 amide bonds. The number of rotatable bonds is 6. The highest BCUT2D eigenvalue weighted by atomic mass is 16.5. The van der Waals surface area contributed by atoms with Crippen molar-refractivity contribution >= 4 is 5.95 Å². The Labute approximate surface area is 103 Å². The van der Waals surface area contributed by atoms with Gasteiger partial charge in [-0.25, -0.2) is 4.98 Å².